The number of hydrogen-bond acceptors (Lipinski definition) is 8. The van der Waals surface area contributed by atoms with E-state index in [1.54, 1.807) is 11.9 Å². The molecular formula is C18H37NO7. The Hall–Kier alpha value is -0.770. The second kappa shape index (κ2) is 15.3. The van der Waals surface area contributed by atoms with E-state index in [4.69, 9.17) is 9.84 Å². The molecule has 0 aliphatic heterocycles. The first-order valence-electron chi connectivity index (χ1n) is 9.50. The third-order valence-corrected chi connectivity index (χ3v) is 4.28. The maximum absolute atomic E-state index is 11.7. The van der Waals surface area contributed by atoms with Gasteiger partial charge in [0.15, 0.2) is 0 Å². The summed E-state index contributed by atoms with van der Waals surface area (Å²) >= 11 is 0. The van der Waals surface area contributed by atoms with E-state index in [0.717, 1.165) is 19.3 Å². The molecule has 0 spiro atoms. The van der Waals surface area contributed by atoms with Gasteiger partial charge < -0.3 is 35.2 Å². The van der Waals surface area contributed by atoms with Crippen molar-refractivity contribution < 1.29 is 35.1 Å². The number of carbonyl (C=O) groups excluding carboxylic acids is 1. The van der Waals surface area contributed by atoms with Crippen LogP contribution in [0.25, 0.3) is 0 Å². The SMILES string of the molecule is CCCCCCCCOC(=O)CCN(C)C[C@H](O)[C@@H](O)[C@H](O)[C@H](O)CO. The van der Waals surface area contributed by atoms with E-state index in [-0.39, 0.29) is 18.9 Å². The fourth-order valence-electron chi connectivity index (χ4n) is 2.50. The molecule has 8 nitrogen and oxygen atoms in total. The molecule has 0 fully saturated rings. The van der Waals surface area contributed by atoms with Gasteiger partial charge in [0.25, 0.3) is 0 Å². The number of likely N-dealkylation sites (N-methyl/N-ethyl adjacent to an activating group) is 1. The van der Waals surface area contributed by atoms with E-state index in [1.807, 2.05) is 0 Å². The molecule has 0 bridgehead atoms. The maximum atomic E-state index is 11.7. The van der Waals surface area contributed by atoms with Crippen molar-refractivity contribution in [1.29, 1.82) is 0 Å². The Kier molecular flexibility index (Phi) is 14.9. The largest absolute Gasteiger partial charge is 0.466 e. The Morgan fingerprint density at radius 2 is 1.54 bits per heavy atom. The van der Waals surface area contributed by atoms with E-state index in [2.05, 4.69) is 6.92 Å². The van der Waals surface area contributed by atoms with Crippen molar-refractivity contribution in [2.45, 2.75) is 76.3 Å². The second-order valence-electron chi connectivity index (χ2n) is 6.80. The van der Waals surface area contributed by atoms with Crippen molar-refractivity contribution in [2.24, 2.45) is 0 Å². The van der Waals surface area contributed by atoms with Crippen molar-refractivity contribution in [3.63, 3.8) is 0 Å². The standard InChI is InChI=1S/C18H37NO7/c1-3-4-5-6-7-8-11-26-16(23)9-10-19(2)12-14(21)17(24)18(25)15(22)13-20/h14-15,17-18,20-22,24-25H,3-13H2,1-2H3/t14-,15+,17+,18+/m0/s1. The number of rotatable bonds is 16. The average Bonchev–Trinajstić information content (AvgIpc) is 2.63. The highest BCUT2D eigenvalue weighted by Gasteiger charge is 2.30. The summed E-state index contributed by atoms with van der Waals surface area (Å²) in [6.45, 7) is 2.20. The first-order chi connectivity index (χ1) is 12.3. The molecular weight excluding hydrogens is 342 g/mol. The number of aliphatic hydroxyl groups is 5. The number of esters is 1. The number of ether oxygens (including phenoxy) is 1. The lowest BCUT2D eigenvalue weighted by molar-refractivity contribution is -0.144. The van der Waals surface area contributed by atoms with Crippen LogP contribution in [0.4, 0.5) is 0 Å². The summed E-state index contributed by atoms with van der Waals surface area (Å²) in [6.07, 6.45) is 0.802. The number of nitrogens with zero attached hydrogens (tertiary/aromatic N) is 1. The van der Waals surface area contributed by atoms with Crippen LogP contribution in [0.2, 0.25) is 0 Å². The van der Waals surface area contributed by atoms with Gasteiger partial charge in [0, 0.05) is 13.1 Å². The molecule has 8 heteroatoms. The molecule has 4 atom stereocenters. The quantitative estimate of drug-likeness (QED) is 0.182. The lowest BCUT2D eigenvalue weighted by Gasteiger charge is -2.28. The van der Waals surface area contributed by atoms with E-state index < -0.39 is 31.0 Å². The number of hydrogen-bond donors (Lipinski definition) is 5. The van der Waals surface area contributed by atoms with Crippen LogP contribution in [-0.2, 0) is 9.53 Å². The summed E-state index contributed by atoms with van der Waals surface area (Å²) < 4.78 is 5.16. The van der Waals surface area contributed by atoms with Crippen LogP contribution in [0.1, 0.15) is 51.9 Å². The molecule has 0 unspecified atom stereocenters. The number of carbonyl (C=O) groups is 1. The minimum Gasteiger partial charge on any atom is -0.466 e. The van der Waals surface area contributed by atoms with Gasteiger partial charge in [-0.25, -0.2) is 0 Å². The molecule has 0 saturated carbocycles. The van der Waals surface area contributed by atoms with Gasteiger partial charge >= 0.3 is 5.97 Å². The first-order valence-corrected chi connectivity index (χ1v) is 9.50. The Morgan fingerprint density at radius 1 is 0.962 bits per heavy atom. The van der Waals surface area contributed by atoms with Crippen LogP contribution in [0.3, 0.4) is 0 Å². The molecule has 0 aromatic carbocycles. The van der Waals surface area contributed by atoms with E-state index in [9.17, 15) is 25.2 Å². The molecule has 0 aliphatic carbocycles. The number of aliphatic hydroxyl groups excluding tert-OH is 5. The first kappa shape index (κ1) is 25.2. The lowest BCUT2D eigenvalue weighted by atomic mass is 10.0. The van der Waals surface area contributed by atoms with Crippen molar-refractivity contribution >= 4 is 5.97 Å². The molecule has 0 radical (unpaired) electrons. The highest BCUT2D eigenvalue weighted by atomic mass is 16.5. The molecule has 0 aromatic heterocycles. The Labute approximate surface area is 156 Å². The highest BCUT2D eigenvalue weighted by Crippen LogP contribution is 2.07. The van der Waals surface area contributed by atoms with Crippen LogP contribution < -0.4 is 0 Å². The highest BCUT2D eigenvalue weighted by molar-refractivity contribution is 5.69. The molecule has 0 aliphatic rings. The molecule has 0 saturated heterocycles. The maximum Gasteiger partial charge on any atom is 0.307 e. The summed E-state index contributed by atoms with van der Waals surface area (Å²) in [6, 6.07) is 0. The van der Waals surface area contributed by atoms with Crippen molar-refractivity contribution in [3.05, 3.63) is 0 Å². The topological polar surface area (TPSA) is 131 Å². The minimum atomic E-state index is -1.65. The molecule has 5 N–H and O–H groups in total. The van der Waals surface area contributed by atoms with Gasteiger partial charge in [0.1, 0.15) is 18.3 Å². The van der Waals surface area contributed by atoms with Crippen molar-refractivity contribution in [2.75, 3.05) is 33.4 Å². The number of unbranched alkanes of at least 4 members (excludes halogenated alkanes) is 5. The van der Waals surface area contributed by atoms with Crippen molar-refractivity contribution in [1.82, 2.24) is 4.90 Å². The average molecular weight is 379 g/mol. The van der Waals surface area contributed by atoms with Gasteiger partial charge in [-0.3, -0.25) is 4.79 Å². The zero-order valence-electron chi connectivity index (χ0n) is 16.1. The summed E-state index contributed by atoms with van der Waals surface area (Å²) in [4.78, 5) is 13.3. The zero-order chi connectivity index (χ0) is 19.9. The summed E-state index contributed by atoms with van der Waals surface area (Å²) in [5.41, 5.74) is 0. The van der Waals surface area contributed by atoms with Crippen LogP contribution in [0.15, 0.2) is 0 Å². The summed E-state index contributed by atoms with van der Waals surface area (Å²) in [7, 11) is 1.66. The molecule has 26 heavy (non-hydrogen) atoms. The third kappa shape index (κ3) is 11.8. The smallest absolute Gasteiger partial charge is 0.307 e. The van der Waals surface area contributed by atoms with E-state index >= 15 is 0 Å². The molecule has 156 valence electrons. The van der Waals surface area contributed by atoms with Gasteiger partial charge in [0.05, 0.1) is 25.7 Å². The molecule has 0 rings (SSSR count). The lowest BCUT2D eigenvalue weighted by Crippen LogP contribution is -2.49. The van der Waals surface area contributed by atoms with Crippen LogP contribution >= 0.6 is 0 Å². The van der Waals surface area contributed by atoms with Gasteiger partial charge in [-0.15, -0.1) is 0 Å². The van der Waals surface area contributed by atoms with Gasteiger partial charge in [0.2, 0.25) is 0 Å². The van der Waals surface area contributed by atoms with Crippen LogP contribution in [0, 0.1) is 0 Å². The predicted molar refractivity (Wildman–Crippen MR) is 97.6 cm³/mol. The monoisotopic (exact) mass is 379 g/mol. The van der Waals surface area contributed by atoms with Gasteiger partial charge in [-0.2, -0.15) is 0 Å². The molecule has 0 aromatic rings. The Bertz CT molecular complexity index is 356. The van der Waals surface area contributed by atoms with Gasteiger partial charge in [-0.1, -0.05) is 39.0 Å². The summed E-state index contributed by atoms with van der Waals surface area (Å²) in [5.74, 6) is -0.309. The van der Waals surface area contributed by atoms with Crippen LogP contribution in [0.5, 0.6) is 0 Å². The van der Waals surface area contributed by atoms with E-state index in [0.29, 0.717) is 13.2 Å². The normalized spacial score (nSPS) is 16.3. The Balaban J connectivity index is 3.85. The fraction of sp³-hybridized carbons (Fsp3) is 0.944. The zero-order valence-corrected chi connectivity index (χ0v) is 16.1. The fourth-order valence-corrected chi connectivity index (χ4v) is 2.50. The molecule has 0 heterocycles. The Morgan fingerprint density at radius 3 is 2.15 bits per heavy atom. The third-order valence-electron chi connectivity index (χ3n) is 4.28. The van der Waals surface area contributed by atoms with Crippen LogP contribution in [-0.4, -0.2) is 94.2 Å². The summed E-state index contributed by atoms with van der Waals surface area (Å²) in [5, 5.41) is 47.2. The minimum absolute atomic E-state index is 0.00108. The molecule has 0 amide bonds. The second-order valence-corrected chi connectivity index (χ2v) is 6.80. The van der Waals surface area contributed by atoms with Gasteiger partial charge in [-0.05, 0) is 13.5 Å². The van der Waals surface area contributed by atoms with Crippen molar-refractivity contribution in [3.8, 4) is 0 Å². The predicted octanol–water partition coefficient (Wildman–Crippen LogP) is -0.352. The van der Waals surface area contributed by atoms with E-state index in [1.165, 1.54) is 19.3 Å².